The molecule has 0 aromatic carbocycles. The molecule has 0 spiro atoms. The van der Waals surface area contributed by atoms with Gasteiger partial charge in [-0.1, -0.05) is 26.2 Å². The second-order valence-corrected chi connectivity index (χ2v) is 6.04. The van der Waals surface area contributed by atoms with Gasteiger partial charge in [-0.25, -0.2) is 13.6 Å². The highest BCUT2D eigenvalue weighted by Gasteiger charge is 2.43. The van der Waals surface area contributed by atoms with E-state index in [-0.39, 0.29) is 5.92 Å². The van der Waals surface area contributed by atoms with Crippen LogP contribution in [0.5, 0.6) is 0 Å². The first kappa shape index (κ1) is 11.9. The molecule has 5 heteroatoms. The van der Waals surface area contributed by atoms with Crippen molar-refractivity contribution in [2.24, 2.45) is 16.8 Å². The van der Waals surface area contributed by atoms with Crippen LogP contribution in [-0.4, -0.2) is 13.3 Å². The summed E-state index contributed by atoms with van der Waals surface area (Å²) < 4.78 is 22.9. The smallest absolute Gasteiger partial charge is 0.228 e. The Balaban J connectivity index is 2.88. The Morgan fingerprint density at radius 3 is 2.14 bits per heavy atom. The van der Waals surface area contributed by atoms with Crippen molar-refractivity contribution >= 4 is 10.0 Å². The van der Waals surface area contributed by atoms with Gasteiger partial charge in [0.25, 0.3) is 0 Å². The lowest BCUT2D eigenvalue weighted by Gasteiger charge is -2.36. The van der Waals surface area contributed by atoms with Crippen LogP contribution in [-0.2, 0) is 10.0 Å². The monoisotopic (exact) mass is 220 g/mol. The molecule has 1 unspecified atom stereocenters. The van der Waals surface area contributed by atoms with E-state index in [1.54, 1.807) is 6.92 Å². The highest BCUT2D eigenvalue weighted by Crippen LogP contribution is 2.35. The van der Waals surface area contributed by atoms with Crippen LogP contribution in [0.2, 0.25) is 0 Å². The van der Waals surface area contributed by atoms with E-state index in [1.807, 2.05) is 0 Å². The molecule has 0 heterocycles. The largest absolute Gasteiger partial charge is 0.311 e. The lowest BCUT2D eigenvalue weighted by Crippen LogP contribution is -2.56. The van der Waals surface area contributed by atoms with Crippen LogP contribution in [0.1, 0.15) is 45.4 Å². The Kier molecular flexibility index (Phi) is 3.55. The summed E-state index contributed by atoms with van der Waals surface area (Å²) in [5, 5.41) is 5.20. The van der Waals surface area contributed by atoms with Crippen LogP contribution in [0.25, 0.3) is 0 Å². The minimum absolute atomic E-state index is 0.0382. The van der Waals surface area contributed by atoms with Gasteiger partial charge in [0.05, 0.1) is 0 Å². The molecule has 1 aliphatic rings. The molecule has 4 N–H and O–H groups in total. The van der Waals surface area contributed by atoms with E-state index in [2.05, 4.69) is 0 Å². The summed E-state index contributed by atoms with van der Waals surface area (Å²) in [7, 11) is -3.64. The van der Waals surface area contributed by atoms with Crippen molar-refractivity contribution in [2.75, 3.05) is 0 Å². The van der Waals surface area contributed by atoms with Crippen LogP contribution in [0.4, 0.5) is 0 Å². The second-order valence-electron chi connectivity index (χ2n) is 4.19. The Hall–Kier alpha value is -0.130. The standard InChI is InChI=1S/C9H20N2O2S/c1-2-9(10,14(11,12)13)8-6-4-3-5-7-8/h8H,2-7,10H2,1H3,(H2,11,12,13). The van der Waals surface area contributed by atoms with E-state index in [9.17, 15) is 8.42 Å². The summed E-state index contributed by atoms with van der Waals surface area (Å²) in [5.41, 5.74) is 5.94. The number of hydrogen-bond acceptors (Lipinski definition) is 3. The van der Waals surface area contributed by atoms with Crippen molar-refractivity contribution < 1.29 is 8.42 Å². The van der Waals surface area contributed by atoms with Gasteiger partial charge in [0.1, 0.15) is 4.87 Å². The first-order chi connectivity index (χ1) is 6.42. The molecular formula is C9H20N2O2S. The van der Waals surface area contributed by atoms with Crippen LogP contribution >= 0.6 is 0 Å². The fourth-order valence-electron chi connectivity index (χ4n) is 2.31. The summed E-state index contributed by atoms with van der Waals surface area (Å²) >= 11 is 0. The molecule has 0 amide bonds. The summed E-state index contributed by atoms with van der Waals surface area (Å²) in [4.78, 5) is -1.20. The molecule has 4 nitrogen and oxygen atoms in total. The van der Waals surface area contributed by atoms with Gasteiger partial charge >= 0.3 is 0 Å². The van der Waals surface area contributed by atoms with E-state index in [0.717, 1.165) is 25.7 Å². The Morgan fingerprint density at radius 2 is 1.79 bits per heavy atom. The minimum Gasteiger partial charge on any atom is -0.311 e. The van der Waals surface area contributed by atoms with Gasteiger partial charge in [-0.3, -0.25) is 0 Å². The van der Waals surface area contributed by atoms with Gasteiger partial charge in [0.15, 0.2) is 0 Å². The fraction of sp³-hybridized carbons (Fsp3) is 1.00. The third-order valence-electron chi connectivity index (χ3n) is 3.38. The van der Waals surface area contributed by atoms with Crippen LogP contribution in [0, 0.1) is 5.92 Å². The number of nitrogens with two attached hydrogens (primary N) is 2. The van der Waals surface area contributed by atoms with Gasteiger partial charge in [-0.15, -0.1) is 0 Å². The molecule has 0 saturated heterocycles. The number of primary sulfonamides is 1. The summed E-state index contributed by atoms with van der Waals surface area (Å²) in [6, 6.07) is 0. The second kappa shape index (κ2) is 4.16. The molecule has 0 radical (unpaired) electrons. The maximum Gasteiger partial charge on any atom is 0.228 e. The highest BCUT2D eigenvalue weighted by molar-refractivity contribution is 7.90. The Bertz CT molecular complexity index is 283. The van der Waals surface area contributed by atoms with Gasteiger partial charge in [0.2, 0.25) is 10.0 Å². The van der Waals surface area contributed by atoms with Crippen molar-refractivity contribution in [1.29, 1.82) is 0 Å². The van der Waals surface area contributed by atoms with E-state index in [0.29, 0.717) is 6.42 Å². The summed E-state index contributed by atoms with van der Waals surface area (Å²) in [5.74, 6) is 0.0382. The zero-order valence-corrected chi connectivity index (χ0v) is 9.52. The number of rotatable bonds is 3. The summed E-state index contributed by atoms with van der Waals surface area (Å²) in [6.45, 7) is 1.79. The molecule has 0 aromatic heterocycles. The maximum absolute atomic E-state index is 11.4. The average Bonchev–Trinajstić information content (AvgIpc) is 2.16. The zero-order chi connectivity index (χ0) is 10.8. The average molecular weight is 220 g/mol. The molecule has 14 heavy (non-hydrogen) atoms. The fourth-order valence-corrected chi connectivity index (χ4v) is 3.42. The normalized spacial score (nSPS) is 24.5. The number of hydrogen-bond donors (Lipinski definition) is 2. The van der Waals surface area contributed by atoms with Gasteiger partial charge < -0.3 is 5.73 Å². The minimum atomic E-state index is -3.64. The highest BCUT2D eigenvalue weighted by atomic mass is 32.2. The van der Waals surface area contributed by atoms with Crippen molar-refractivity contribution in [3.8, 4) is 0 Å². The molecule has 0 aromatic rings. The topological polar surface area (TPSA) is 86.2 Å². The maximum atomic E-state index is 11.4. The first-order valence-corrected chi connectivity index (χ1v) is 6.77. The SMILES string of the molecule is CCC(N)(C1CCCCC1)S(N)(=O)=O. The molecule has 0 bridgehead atoms. The molecule has 1 aliphatic carbocycles. The molecule has 1 rings (SSSR count). The predicted molar refractivity (Wildman–Crippen MR) is 56.9 cm³/mol. The van der Waals surface area contributed by atoms with Crippen LogP contribution in [0.15, 0.2) is 0 Å². The number of sulfonamides is 1. The van der Waals surface area contributed by atoms with Crippen LogP contribution < -0.4 is 10.9 Å². The quantitative estimate of drug-likeness (QED) is 0.741. The van der Waals surface area contributed by atoms with E-state index >= 15 is 0 Å². The third-order valence-corrected chi connectivity index (χ3v) is 5.06. The van der Waals surface area contributed by atoms with Crippen LogP contribution in [0.3, 0.4) is 0 Å². The molecule has 1 atom stereocenters. The molecule has 1 fully saturated rings. The van der Waals surface area contributed by atoms with Crippen molar-refractivity contribution in [2.45, 2.75) is 50.3 Å². The summed E-state index contributed by atoms with van der Waals surface area (Å²) in [6.07, 6.45) is 5.50. The predicted octanol–water partition coefficient (Wildman–Crippen LogP) is 0.920. The Morgan fingerprint density at radius 1 is 1.29 bits per heavy atom. The van der Waals surface area contributed by atoms with Gasteiger partial charge in [-0.2, -0.15) is 0 Å². The van der Waals surface area contributed by atoms with Crippen molar-refractivity contribution in [3.05, 3.63) is 0 Å². The van der Waals surface area contributed by atoms with E-state index in [4.69, 9.17) is 10.9 Å². The molecule has 1 saturated carbocycles. The molecule has 0 aliphatic heterocycles. The van der Waals surface area contributed by atoms with E-state index < -0.39 is 14.9 Å². The third kappa shape index (κ3) is 2.10. The lowest BCUT2D eigenvalue weighted by molar-refractivity contribution is 0.264. The zero-order valence-electron chi connectivity index (χ0n) is 8.70. The van der Waals surface area contributed by atoms with Gasteiger partial charge in [-0.05, 0) is 25.2 Å². The van der Waals surface area contributed by atoms with Crippen molar-refractivity contribution in [1.82, 2.24) is 0 Å². The van der Waals surface area contributed by atoms with Gasteiger partial charge in [0, 0.05) is 0 Å². The first-order valence-electron chi connectivity index (χ1n) is 5.23. The lowest BCUT2D eigenvalue weighted by atomic mass is 9.83. The van der Waals surface area contributed by atoms with E-state index in [1.165, 1.54) is 6.42 Å². The van der Waals surface area contributed by atoms with Crippen molar-refractivity contribution in [3.63, 3.8) is 0 Å². The molecule has 84 valence electrons. The molecular weight excluding hydrogens is 200 g/mol. The Labute approximate surface area is 86.1 Å².